The Labute approximate surface area is 148 Å². The van der Waals surface area contributed by atoms with Gasteiger partial charge >= 0.3 is 0 Å². The maximum Gasteiger partial charge on any atom is 0.273 e. The van der Waals surface area contributed by atoms with Gasteiger partial charge in [0.05, 0.1) is 36.5 Å². The lowest BCUT2D eigenvalue weighted by Gasteiger charge is -2.13. The van der Waals surface area contributed by atoms with Crippen LogP contribution in [0.5, 0.6) is 11.5 Å². The normalized spacial score (nSPS) is 9.84. The molecule has 0 aliphatic rings. The third kappa shape index (κ3) is 4.42. The number of ether oxygens (including phenoxy) is 2. The van der Waals surface area contributed by atoms with Crippen LogP contribution in [0, 0.1) is 10.1 Å². The molecule has 2 rings (SSSR count). The molecule has 2 N–H and O–H groups in total. The van der Waals surface area contributed by atoms with E-state index >= 15 is 0 Å². The van der Waals surface area contributed by atoms with Crippen LogP contribution < -0.4 is 20.1 Å². The summed E-state index contributed by atoms with van der Waals surface area (Å²) in [6.07, 6.45) is 0. The number of methoxy groups -OCH3 is 2. The molecule has 9 heteroatoms. The zero-order valence-corrected chi connectivity index (χ0v) is 14.3. The number of nitrogens with zero attached hydrogens (tertiary/aromatic N) is 1. The van der Waals surface area contributed by atoms with Gasteiger partial charge in [0.2, 0.25) is 0 Å². The van der Waals surface area contributed by atoms with Gasteiger partial charge < -0.3 is 14.8 Å². The van der Waals surface area contributed by atoms with Gasteiger partial charge in [-0.1, -0.05) is 12.1 Å². The molecule has 0 fully saturated rings. The molecule has 0 spiro atoms. The topological polar surface area (TPSA) is 103 Å². The van der Waals surface area contributed by atoms with Gasteiger partial charge in [-0.2, -0.15) is 0 Å². The van der Waals surface area contributed by atoms with Crippen molar-refractivity contribution in [1.29, 1.82) is 0 Å². The monoisotopic (exact) mass is 361 g/mol. The van der Waals surface area contributed by atoms with Crippen molar-refractivity contribution < 1.29 is 19.2 Å². The fraction of sp³-hybridized carbons (Fsp3) is 0.125. The molecule has 0 atom stereocenters. The number of hydrogen-bond donors (Lipinski definition) is 2. The Morgan fingerprint density at radius 3 is 2.44 bits per heavy atom. The van der Waals surface area contributed by atoms with Crippen LogP contribution in [-0.2, 0) is 0 Å². The Morgan fingerprint density at radius 1 is 1.12 bits per heavy atom. The molecule has 0 unspecified atom stereocenters. The number of rotatable bonds is 5. The molecule has 8 nitrogen and oxygen atoms in total. The van der Waals surface area contributed by atoms with E-state index in [1.807, 2.05) is 0 Å². The molecule has 1 amide bonds. The van der Waals surface area contributed by atoms with Crippen molar-refractivity contribution in [1.82, 2.24) is 5.32 Å². The van der Waals surface area contributed by atoms with Gasteiger partial charge in [-0.25, -0.2) is 0 Å². The van der Waals surface area contributed by atoms with Crippen molar-refractivity contribution in [3.05, 3.63) is 58.1 Å². The first kappa shape index (κ1) is 18.1. The molecular formula is C16H15N3O5S. The largest absolute Gasteiger partial charge is 0.496 e. The van der Waals surface area contributed by atoms with Gasteiger partial charge in [0.15, 0.2) is 5.11 Å². The minimum absolute atomic E-state index is 0.0167. The highest BCUT2D eigenvalue weighted by atomic mass is 32.1. The van der Waals surface area contributed by atoms with Crippen LogP contribution in [0.15, 0.2) is 42.5 Å². The van der Waals surface area contributed by atoms with E-state index in [0.717, 1.165) is 0 Å². The lowest BCUT2D eigenvalue weighted by molar-refractivity contribution is -0.384. The van der Waals surface area contributed by atoms with Crippen LogP contribution in [0.4, 0.5) is 11.4 Å². The van der Waals surface area contributed by atoms with Crippen LogP contribution in [0.1, 0.15) is 10.4 Å². The Hall–Kier alpha value is -3.20. The second-order valence-electron chi connectivity index (χ2n) is 4.75. The summed E-state index contributed by atoms with van der Waals surface area (Å²) in [6, 6.07) is 10.7. The summed E-state index contributed by atoms with van der Waals surface area (Å²) in [5, 5.41) is 16.1. The first-order valence-electron chi connectivity index (χ1n) is 7.04. The molecule has 0 saturated heterocycles. The zero-order chi connectivity index (χ0) is 18.4. The zero-order valence-electron chi connectivity index (χ0n) is 13.4. The van der Waals surface area contributed by atoms with Crippen molar-refractivity contribution >= 4 is 34.6 Å². The highest BCUT2D eigenvalue weighted by Crippen LogP contribution is 2.29. The smallest absolute Gasteiger partial charge is 0.273 e. The van der Waals surface area contributed by atoms with Crippen molar-refractivity contribution in [3.8, 4) is 11.5 Å². The van der Waals surface area contributed by atoms with Gasteiger partial charge in [0.25, 0.3) is 11.6 Å². The molecule has 25 heavy (non-hydrogen) atoms. The molecule has 0 aliphatic carbocycles. The van der Waals surface area contributed by atoms with E-state index in [2.05, 4.69) is 10.6 Å². The average molecular weight is 361 g/mol. The number of anilines is 1. The average Bonchev–Trinajstić information content (AvgIpc) is 2.61. The predicted octanol–water partition coefficient (Wildman–Crippen LogP) is 2.74. The molecule has 0 radical (unpaired) electrons. The van der Waals surface area contributed by atoms with Gasteiger partial charge in [-0.15, -0.1) is 0 Å². The first-order valence-corrected chi connectivity index (χ1v) is 7.45. The number of para-hydroxylation sites is 1. The molecule has 0 bridgehead atoms. The summed E-state index contributed by atoms with van der Waals surface area (Å²) in [4.78, 5) is 22.6. The number of nitro groups is 1. The van der Waals surface area contributed by atoms with Crippen molar-refractivity contribution in [2.24, 2.45) is 0 Å². The van der Waals surface area contributed by atoms with Gasteiger partial charge in [-0.3, -0.25) is 20.2 Å². The highest BCUT2D eigenvalue weighted by molar-refractivity contribution is 7.80. The number of amides is 1. The summed E-state index contributed by atoms with van der Waals surface area (Å²) in [7, 11) is 2.84. The third-order valence-corrected chi connectivity index (χ3v) is 3.43. The van der Waals surface area contributed by atoms with Gasteiger partial charge in [0.1, 0.15) is 11.5 Å². The SMILES string of the molecule is COc1cc([N+](=O)[O-])ccc1NC(=S)NC(=O)c1ccccc1OC. The lowest BCUT2D eigenvalue weighted by atomic mass is 10.2. The second-order valence-corrected chi connectivity index (χ2v) is 5.16. The van der Waals surface area contributed by atoms with E-state index < -0.39 is 10.8 Å². The van der Waals surface area contributed by atoms with E-state index in [1.165, 1.54) is 32.4 Å². The number of hydrogen-bond acceptors (Lipinski definition) is 6. The lowest BCUT2D eigenvalue weighted by Crippen LogP contribution is -2.34. The number of nitro benzene ring substituents is 1. The van der Waals surface area contributed by atoms with Crippen LogP contribution in [0.2, 0.25) is 0 Å². The molecule has 0 heterocycles. The van der Waals surface area contributed by atoms with Gasteiger partial charge in [-0.05, 0) is 30.4 Å². The van der Waals surface area contributed by atoms with Crippen LogP contribution in [0.3, 0.4) is 0 Å². The maximum absolute atomic E-state index is 12.3. The van der Waals surface area contributed by atoms with Crippen LogP contribution in [0.25, 0.3) is 0 Å². The minimum Gasteiger partial charge on any atom is -0.496 e. The van der Waals surface area contributed by atoms with E-state index in [1.54, 1.807) is 24.3 Å². The number of carbonyl (C=O) groups is 1. The Balaban J connectivity index is 2.12. The number of nitrogens with one attached hydrogen (secondary N) is 2. The Morgan fingerprint density at radius 2 is 1.80 bits per heavy atom. The minimum atomic E-state index is -0.534. The molecular weight excluding hydrogens is 346 g/mol. The number of benzene rings is 2. The first-order chi connectivity index (χ1) is 12.0. The van der Waals surface area contributed by atoms with Crippen molar-refractivity contribution in [2.75, 3.05) is 19.5 Å². The maximum atomic E-state index is 12.3. The number of carbonyl (C=O) groups excluding carboxylic acids is 1. The van der Waals surface area contributed by atoms with E-state index in [9.17, 15) is 14.9 Å². The molecule has 0 saturated carbocycles. The van der Waals surface area contributed by atoms with E-state index in [4.69, 9.17) is 21.7 Å². The number of non-ortho nitro benzene ring substituents is 1. The predicted molar refractivity (Wildman–Crippen MR) is 96.3 cm³/mol. The van der Waals surface area contributed by atoms with Crippen LogP contribution >= 0.6 is 12.2 Å². The summed E-state index contributed by atoms with van der Waals surface area (Å²) < 4.78 is 10.2. The van der Waals surface area contributed by atoms with E-state index in [-0.39, 0.29) is 16.5 Å². The number of thiocarbonyl (C=S) groups is 1. The molecule has 2 aromatic rings. The summed E-state index contributed by atoms with van der Waals surface area (Å²) in [6.45, 7) is 0. The Kier molecular flexibility index (Phi) is 5.85. The fourth-order valence-electron chi connectivity index (χ4n) is 2.05. The molecule has 2 aromatic carbocycles. The van der Waals surface area contributed by atoms with Gasteiger partial charge in [0, 0.05) is 6.07 Å². The fourth-order valence-corrected chi connectivity index (χ4v) is 2.26. The quantitative estimate of drug-likeness (QED) is 0.479. The highest BCUT2D eigenvalue weighted by Gasteiger charge is 2.15. The van der Waals surface area contributed by atoms with Crippen molar-refractivity contribution in [2.45, 2.75) is 0 Å². The van der Waals surface area contributed by atoms with E-state index in [0.29, 0.717) is 17.0 Å². The second kappa shape index (κ2) is 8.06. The standard InChI is InChI=1S/C16H15N3O5S/c1-23-13-6-4-3-5-11(13)15(20)18-16(25)17-12-8-7-10(19(21)22)9-14(12)24-2/h3-9H,1-2H3,(H2,17,18,20,25). The summed E-state index contributed by atoms with van der Waals surface area (Å²) in [5.41, 5.74) is 0.592. The molecule has 130 valence electrons. The Bertz CT molecular complexity index is 825. The third-order valence-electron chi connectivity index (χ3n) is 3.22. The van der Waals surface area contributed by atoms with Crippen molar-refractivity contribution in [3.63, 3.8) is 0 Å². The summed E-state index contributed by atoms with van der Waals surface area (Å²) in [5.74, 6) is 0.189. The summed E-state index contributed by atoms with van der Waals surface area (Å²) >= 11 is 5.11. The van der Waals surface area contributed by atoms with Crippen LogP contribution in [-0.4, -0.2) is 30.2 Å². The molecule has 0 aromatic heterocycles. The molecule has 0 aliphatic heterocycles.